The number of benzene rings is 1. The molecule has 29 heavy (non-hydrogen) atoms. The van der Waals surface area contributed by atoms with Crippen molar-refractivity contribution in [3.8, 4) is 0 Å². The van der Waals surface area contributed by atoms with Crippen LogP contribution >= 0.6 is 0 Å². The van der Waals surface area contributed by atoms with Gasteiger partial charge < -0.3 is 25.8 Å². The van der Waals surface area contributed by atoms with Gasteiger partial charge in [0.2, 0.25) is 11.8 Å². The van der Waals surface area contributed by atoms with Gasteiger partial charge in [0.25, 0.3) is 11.8 Å². The Balaban J connectivity index is 1.49. The molecule has 1 saturated heterocycles. The van der Waals surface area contributed by atoms with Gasteiger partial charge in [-0.15, -0.1) is 0 Å². The molecule has 10 nitrogen and oxygen atoms in total. The van der Waals surface area contributed by atoms with E-state index in [1.807, 2.05) is 4.90 Å². The van der Waals surface area contributed by atoms with Gasteiger partial charge in [-0.3, -0.25) is 9.59 Å². The van der Waals surface area contributed by atoms with Crippen molar-refractivity contribution in [3.63, 3.8) is 0 Å². The minimum atomic E-state index is -0.724. The minimum Gasteiger partial charge on any atom is -0.366 e. The fourth-order valence-electron chi connectivity index (χ4n) is 3.30. The third-order valence-electron chi connectivity index (χ3n) is 4.82. The molecular weight excluding hydrogens is 379 g/mol. The van der Waals surface area contributed by atoms with Gasteiger partial charge in [0, 0.05) is 33.2 Å². The van der Waals surface area contributed by atoms with Gasteiger partial charge in [-0.1, -0.05) is 0 Å². The van der Waals surface area contributed by atoms with Crippen LogP contribution in [0.15, 0.2) is 24.5 Å². The highest BCUT2D eigenvalue weighted by molar-refractivity contribution is 6.04. The predicted octanol–water partition coefficient (Wildman–Crippen LogP) is 0.277. The van der Waals surface area contributed by atoms with Crippen molar-refractivity contribution in [1.82, 2.24) is 25.3 Å². The third kappa shape index (κ3) is 3.53. The maximum absolute atomic E-state index is 13.7. The average molecular weight is 398 g/mol. The molecule has 1 aliphatic heterocycles. The molecule has 11 heteroatoms. The molecule has 150 valence electrons. The van der Waals surface area contributed by atoms with Gasteiger partial charge in [-0.2, -0.15) is 0 Å². The van der Waals surface area contributed by atoms with Crippen LogP contribution in [-0.2, 0) is 0 Å². The molecule has 0 unspecified atom stereocenters. The second-order valence-corrected chi connectivity index (χ2v) is 6.59. The standard InChI is InChI=1S/C18H19FN8O2/c1-21-17(29)16-22-8-11(9-23-16)26-2-4-27(5-3-26)18-24-13-7-10(19)6-12(15(20)28)14(13)25-18/h6-9H,2-5H2,1H3,(H2,20,28)(H,21,29)(H,24,25). The first-order chi connectivity index (χ1) is 14.0. The monoisotopic (exact) mass is 398 g/mol. The fraction of sp³-hybridized carbons (Fsp3) is 0.278. The number of H-pyrrole nitrogens is 1. The number of carbonyl (C=O) groups excluding carboxylic acids is 2. The first kappa shape index (κ1) is 18.6. The Morgan fingerprint density at radius 2 is 1.79 bits per heavy atom. The zero-order chi connectivity index (χ0) is 20.5. The van der Waals surface area contributed by atoms with Crippen molar-refractivity contribution in [2.45, 2.75) is 0 Å². The Hall–Kier alpha value is -3.76. The molecule has 2 aromatic heterocycles. The zero-order valence-electron chi connectivity index (χ0n) is 15.6. The smallest absolute Gasteiger partial charge is 0.288 e. The number of hydrogen-bond donors (Lipinski definition) is 3. The van der Waals surface area contributed by atoms with Crippen LogP contribution in [0, 0.1) is 5.82 Å². The Bertz CT molecular complexity index is 1070. The van der Waals surface area contributed by atoms with E-state index in [0.717, 1.165) is 11.8 Å². The number of anilines is 2. The van der Waals surface area contributed by atoms with Crippen LogP contribution in [0.25, 0.3) is 11.0 Å². The topological polar surface area (TPSA) is 133 Å². The zero-order valence-corrected chi connectivity index (χ0v) is 15.6. The number of piperazine rings is 1. The number of fused-ring (bicyclic) bond motifs is 1. The Morgan fingerprint density at radius 3 is 2.41 bits per heavy atom. The summed E-state index contributed by atoms with van der Waals surface area (Å²) in [4.78, 5) is 42.9. The van der Waals surface area contributed by atoms with Crippen molar-refractivity contribution >= 4 is 34.5 Å². The number of amides is 2. The van der Waals surface area contributed by atoms with E-state index in [2.05, 4.69) is 30.2 Å². The van der Waals surface area contributed by atoms with Gasteiger partial charge >= 0.3 is 0 Å². The molecule has 4 N–H and O–H groups in total. The molecule has 0 spiro atoms. The van der Waals surface area contributed by atoms with E-state index < -0.39 is 11.7 Å². The van der Waals surface area contributed by atoms with Crippen molar-refractivity contribution < 1.29 is 14.0 Å². The molecular formula is C18H19FN8O2. The highest BCUT2D eigenvalue weighted by Crippen LogP contribution is 2.24. The van der Waals surface area contributed by atoms with Gasteiger partial charge in [-0.05, 0) is 12.1 Å². The minimum absolute atomic E-state index is 0.0505. The number of aromatic amines is 1. The summed E-state index contributed by atoms with van der Waals surface area (Å²) < 4.78 is 13.7. The maximum atomic E-state index is 13.7. The number of nitrogens with two attached hydrogens (primary N) is 1. The van der Waals surface area contributed by atoms with Crippen LogP contribution in [0.4, 0.5) is 16.0 Å². The van der Waals surface area contributed by atoms with Gasteiger partial charge in [0.05, 0.1) is 29.2 Å². The van der Waals surface area contributed by atoms with Crippen LogP contribution in [0.5, 0.6) is 0 Å². The molecule has 3 heterocycles. The molecule has 1 aromatic carbocycles. The predicted molar refractivity (Wildman–Crippen MR) is 104 cm³/mol. The van der Waals surface area contributed by atoms with Gasteiger partial charge in [-0.25, -0.2) is 19.3 Å². The summed E-state index contributed by atoms with van der Waals surface area (Å²) in [7, 11) is 1.53. The number of hydrogen-bond acceptors (Lipinski definition) is 7. The molecule has 3 aromatic rings. The largest absolute Gasteiger partial charge is 0.366 e. The van der Waals surface area contributed by atoms with Crippen LogP contribution in [0.3, 0.4) is 0 Å². The molecule has 2 amide bonds. The van der Waals surface area contributed by atoms with Crippen molar-refractivity contribution in [2.75, 3.05) is 43.0 Å². The van der Waals surface area contributed by atoms with Crippen LogP contribution < -0.4 is 20.9 Å². The van der Waals surface area contributed by atoms with E-state index in [1.54, 1.807) is 12.4 Å². The molecule has 0 aliphatic carbocycles. The molecule has 0 atom stereocenters. The first-order valence-corrected chi connectivity index (χ1v) is 8.99. The molecule has 0 radical (unpaired) electrons. The van der Waals surface area contributed by atoms with Crippen LogP contribution in [0.1, 0.15) is 21.0 Å². The highest BCUT2D eigenvalue weighted by atomic mass is 19.1. The summed E-state index contributed by atoms with van der Waals surface area (Å²) in [6.45, 7) is 2.64. The fourth-order valence-corrected chi connectivity index (χ4v) is 3.30. The van der Waals surface area contributed by atoms with Crippen molar-refractivity contribution in [1.29, 1.82) is 0 Å². The number of nitrogens with one attached hydrogen (secondary N) is 2. The van der Waals surface area contributed by atoms with Crippen molar-refractivity contribution in [2.24, 2.45) is 5.73 Å². The van der Waals surface area contributed by atoms with E-state index in [1.165, 1.54) is 13.1 Å². The Labute approximate surface area is 164 Å². The molecule has 0 bridgehead atoms. The molecule has 4 rings (SSSR count). The summed E-state index contributed by atoms with van der Waals surface area (Å²) in [6, 6.07) is 2.38. The Kier molecular flexibility index (Phi) is 4.71. The number of rotatable bonds is 4. The second-order valence-electron chi connectivity index (χ2n) is 6.59. The van der Waals surface area contributed by atoms with Crippen LogP contribution in [-0.4, -0.2) is 65.0 Å². The molecule has 0 saturated carbocycles. The first-order valence-electron chi connectivity index (χ1n) is 8.99. The highest BCUT2D eigenvalue weighted by Gasteiger charge is 2.22. The van der Waals surface area contributed by atoms with E-state index in [-0.39, 0.29) is 17.3 Å². The van der Waals surface area contributed by atoms with Crippen molar-refractivity contribution in [3.05, 3.63) is 41.7 Å². The average Bonchev–Trinajstić information content (AvgIpc) is 3.16. The lowest BCUT2D eigenvalue weighted by Gasteiger charge is -2.35. The maximum Gasteiger partial charge on any atom is 0.288 e. The van der Waals surface area contributed by atoms with E-state index in [0.29, 0.717) is 43.2 Å². The van der Waals surface area contributed by atoms with E-state index in [4.69, 9.17) is 5.73 Å². The molecule has 1 aliphatic rings. The number of carbonyl (C=O) groups is 2. The Morgan fingerprint density at radius 1 is 1.14 bits per heavy atom. The lowest BCUT2D eigenvalue weighted by molar-refractivity contribution is 0.0951. The summed E-state index contributed by atoms with van der Waals surface area (Å²) in [5, 5.41) is 2.48. The normalized spacial score (nSPS) is 14.3. The second kappa shape index (κ2) is 7.34. The number of imidazole rings is 1. The number of aromatic nitrogens is 4. The summed E-state index contributed by atoms with van der Waals surface area (Å²) >= 11 is 0. The third-order valence-corrected chi connectivity index (χ3v) is 4.82. The van der Waals surface area contributed by atoms with E-state index >= 15 is 0 Å². The lowest BCUT2D eigenvalue weighted by atomic mass is 10.1. The lowest BCUT2D eigenvalue weighted by Crippen LogP contribution is -2.47. The van der Waals surface area contributed by atoms with Crippen LogP contribution in [0.2, 0.25) is 0 Å². The SMILES string of the molecule is CNC(=O)c1ncc(N2CCN(c3nc4c(C(N)=O)cc(F)cc4[nH]3)CC2)cn1. The summed E-state index contributed by atoms with van der Waals surface area (Å²) in [5.74, 6) is -0.935. The summed E-state index contributed by atoms with van der Waals surface area (Å²) in [6.07, 6.45) is 3.24. The molecule has 1 fully saturated rings. The number of primary amides is 1. The quantitative estimate of drug-likeness (QED) is 0.575. The van der Waals surface area contributed by atoms with Gasteiger partial charge in [0.1, 0.15) is 11.3 Å². The number of nitrogens with zero attached hydrogens (tertiary/aromatic N) is 5. The number of halogens is 1. The summed E-state index contributed by atoms with van der Waals surface area (Å²) in [5.41, 5.74) is 6.99. The van der Waals surface area contributed by atoms with Gasteiger partial charge in [0.15, 0.2) is 0 Å². The van der Waals surface area contributed by atoms with E-state index in [9.17, 15) is 14.0 Å².